The van der Waals surface area contributed by atoms with Crippen LogP contribution in [0.5, 0.6) is 0 Å². The Hall–Kier alpha value is -2.55. The van der Waals surface area contributed by atoms with Gasteiger partial charge in [0.25, 0.3) is 6.43 Å². The van der Waals surface area contributed by atoms with Gasteiger partial charge >= 0.3 is 0 Å². The Labute approximate surface area is 159 Å². The minimum atomic E-state index is -2.60. The summed E-state index contributed by atoms with van der Waals surface area (Å²) in [6.07, 6.45) is 0.959. The molecule has 1 aliphatic rings. The molecule has 27 heavy (non-hydrogen) atoms. The van der Waals surface area contributed by atoms with Crippen LogP contribution in [-0.2, 0) is 0 Å². The van der Waals surface area contributed by atoms with E-state index < -0.39 is 6.43 Å². The molecule has 0 unspecified atom stereocenters. The number of aromatic nitrogens is 4. The van der Waals surface area contributed by atoms with Crippen molar-refractivity contribution in [1.29, 1.82) is 0 Å². The third kappa shape index (κ3) is 3.78. The van der Waals surface area contributed by atoms with E-state index in [2.05, 4.69) is 24.8 Å². The zero-order chi connectivity index (χ0) is 18.8. The SMILES string of the molecule is CSc1nc(C(F)F)cc(N2CCN(c3cnc4ccccc4n3)CC2)n1. The number of alkyl halides is 2. The van der Waals surface area contributed by atoms with Crippen LogP contribution < -0.4 is 9.80 Å². The lowest BCUT2D eigenvalue weighted by Crippen LogP contribution is -2.47. The van der Waals surface area contributed by atoms with Gasteiger partial charge in [0.1, 0.15) is 17.3 Å². The minimum absolute atomic E-state index is 0.229. The van der Waals surface area contributed by atoms with Gasteiger partial charge in [0.15, 0.2) is 5.16 Å². The highest BCUT2D eigenvalue weighted by Gasteiger charge is 2.22. The van der Waals surface area contributed by atoms with Gasteiger partial charge in [-0.1, -0.05) is 23.9 Å². The molecule has 0 saturated carbocycles. The molecule has 0 aliphatic carbocycles. The van der Waals surface area contributed by atoms with Crippen LogP contribution in [0, 0.1) is 0 Å². The predicted molar refractivity (Wildman–Crippen MR) is 103 cm³/mol. The second kappa shape index (κ2) is 7.59. The van der Waals surface area contributed by atoms with E-state index in [4.69, 9.17) is 0 Å². The molecule has 0 spiro atoms. The second-order valence-corrected chi connectivity index (χ2v) is 6.90. The molecule has 1 aliphatic heterocycles. The molecule has 0 atom stereocenters. The second-order valence-electron chi connectivity index (χ2n) is 6.13. The number of thioether (sulfide) groups is 1. The Morgan fingerprint density at radius 2 is 1.59 bits per heavy atom. The molecule has 6 nitrogen and oxygen atoms in total. The van der Waals surface area contributed by atoms with Crippen LogP contribution in [-0.4, -0.2) is 52.4 Å². The summed E-state index contributed by atoms with van der Waals surface area (Å²) in [4.78, 5) is 21.6. The average molecular weight is 388 g/mol. The van der Waals surface area contributed by atoms with Crippen LogP contribution >= 0.6 is 11.8 Å². The van der Waals surface area contributed by atoms with Gasteiger partial charge in [0.2, 0.25) is 0 Å². The normalized spacial score (nSPS) is 15.0. The van der Waals surface area contributed by atoms with Crippen molar-refractivity contribution in [2.24, 2.45) is 0 Å². The van der Waals surface area contributed by atoms with Crippen LogP contribution in [0.2, 0.25) is 0 Å². The molecule has 1 saturated heterocycles. The van der Waals surface area contributed by atoms with Crippen molar-refractivity contribution in [3.05, 3.63) is 42.2 Å². The standard InChI is InChI=1S/C18H18F2N6S/c1-27-18-23-14(17(19)20)10-15(24-18)25-6-8-26(9-7-25)16-11-21-12-4-2-3-5-13(12)22-16/h2-5,10-11,17H,6-9H2,1H3. The van der Waals surface area contributed by atoms with E-state index in [1.165, 1.54) is 17.8 Å². The van der Waals surface area contributed by atoms with Crippen molar-refractivity contribution in [1.82, 2.24) is 19.9 Å². The number of anilines is 2. The zero-order valence-corrected chi connectivity index (χ0v) is 15.5. The number of fused-ring (bicyclic) bond motifs is 1. The first-order valence-electron chi connectivity index (χ1n) is 8.57. The highest BCUT2D eigenvalue weighted by molar-refractivity contribution is 7.98. The van der Waals surface area contributed by atoms with Gasteiger partial charge in [0, 0.05) is 32.2 Å². The molecule has 0 amide bonds. The molecule has 1 fully saturated rings. The maximum Gasteiger partial charge on any atom is 0.280 e. The zero-order valence-electron chi connectivity index (χ0n) is 14.7. The van der Waals surface area contributed by atoms with Crippen LogP contribution in [0.15, 0.2) is 41.7 Å². The van der Waals surface area contributed by atoms with E-state index in [0.29, 0.717) is 24.1 Å². The highest BCUT2D eigenvalue weighted by atomic mass is 32.2. The summed E-state index contributed by atoms with van der Waals surface area (Å²) >= 11 is 1.27. The van der Waals surface area contributed by atoms with Gasteiger partial charge in [0.05, 0.1) is 17.2 Å². The lowest BCUT2D eigenvalue weighted by Gasteiger charge is -2.36. The molecule has 3 aromatic rings. The third-order valence-electron chi connectivity index (χ3n) is 4.48. The largest absolute Gasteiger partial charge is 0.353 e. The Morgan fingerprint density at radius 1 is 0.926 bits per heavy atom. The molecule has 140 valence electrons. The summed E-state index contributed by atoms with van der Waals surface area (Å²) in [5.74, 6) is 1.38. The summed E-state index contributed by atoms with van der Waals surface area (Å²) < 4.78 is 26.2. The third-order valence-corrected chi connectivity index (χ3v) is 5.03. The monoisotopic (exact) mass is 388 g/mol. The Morgan fingerprint density at radius 3 is 2.26 bits per heavy atom. The first-order valence-corrected chi connectivity index (χ1v) is 9.79. The maximum atomic E-state index is 13.1. The van der Waals surface area contributed by atoms with E-state index in [0.717, 1.165) is 29.9 Å². The van der Waals surface area contributed by atoms with E-state index >= 15 is 0 Å². The van der Waals surface area contributed by atoms with Gasteiger partial charge < -0.3 is 9.80 Å². The lowest BCUT2D eigenvalue weighted by molar-refractivity contribution is 0.145. The van der Waals surface area contributed by atoms with Crippen LogP contribution in [0.3, 0.4) is 0 Å². The number of hydrogen-bond donors (Lipinski definition) is 0. The Balaban J connectivity index is 1.50. The van der Waals surface area contributed by atoms with E-state index in [9.17, 15) is 8.78 Å². The summed E-state index contributed by atoms with van der Waals surface area (Å²) in [7, 11) is 0. The van der Waals surface area contributed by atoms with Crippen molar-refractivity contribution in [3.8, 4) is 0 Å². The average Bonchev–Trinajstić information content (AvgIpc) is 2.73. The van der Waals surface area contributed by atoms with Gasteiger partial charge in [-0.3, -0.25) is 4.98 Å². The quantitative estimate of drug-likeness (QED) is 0.501. The molecule has 2 aromatic heterocycles. The molecular formula is C18H18F2N6S. The number of benzene rings is 1. The summed E-state index contributed by atoms with van der Waals surface area (Å²) in [6, 6.07) is 9.14. The van der Waals surface area contributed by atoms with Crippen molar-refractivity contribution in [3.63, 3.8) is 0 Å². The van der Waals surface area contributed by atoms with Gasteiger partial charge in [-0.05, 0) is 18.4 Å². The number of piperazine rings is 1. The highest BCUT2D eigenvalue weighted by Crippen LogP contribution is 2.25. The number of para-hydroxylation sites is 2. The fourth-order valence-electron chi connectivity index (χ4n) is 3.06. The number of rotatable bonds is 4. The first-order chi connectivity index (χ1) is 13.1. The number of hydrogen-bond acceptors (Lipinski definition) is 7. The molecule has 0 bridgehead atoms. The summed E-state index contributed by atoms with van der Waals surface area (Å²) in [5.41, 5.74) is 1.50. The van der Waals surface area contributed by atoms with Gasteiger partial charge in [-0.2, -0.15) is 0 Å². The summed E-state index contributed by atoms with van der Waals surface area (Å²) in [6.45, 7) is 2.77. The lowest BCUT2D eigenvalue weighted by atomic mass is 10.2. The van der Waals surface area contributed by atoms with E-state index in [-0.39, 0.29) is 5.69 Å². The molecule has 0 N–H and O–H groups in total. The van der Waals surface area contributed by atoms with Crippen LogP contribution in [0.1, 0.15) is 12.1 Å². The molecule has 0 radical (unpaired) electrons. The van der Waals surface area contributed by atoms with Gasteiger partial charge in [-0.25, -0.2) is 23.7 Å². The molecule has 3 heterocycles. The fraction of sp³-hybridized carbons (Fsp3) is 0.333. The van der Waals surface area contributed by atoms with Crippen molar-refractivity contribution >= 4 is 34.4 Å². The van der Waals surface area contributed by atoms with E-state index in [1.54, 1.807) is 12.5 Å². The predicted octanol–water partition coefficient (Wildman–Crippen LogP) is 3.41. The minimum Gasteiger partial charge on any atom is -0.353 e. The number of nitrogens with zero attached hydrogens (tertiary/aromatic N) is 6. The molecular weight excluding hydrogens is 370 g/mol. The summed E-state index contributed by atoms with van der Waals surface area (Å²) in [5, 5.41) is 0.366. The Kier molecular flexibility index (Phi) is 5.02. The number of halogens is 2. The Bertz CT molecular complexity index is 946. The maximum absolute atomic E-state index is 13.1. The van der Waals surface area contributed by atoms with Crippen molar-refractivity contribution in [2.45, 2.75) is 11.6 Å². The van der Waals surface area contributed by atoms with Crippen LogP contribution in [0.4, 0.5) is 20.4 Å². The fourth-order valence-corrected chi connectivity index (χ4v) is 3.44. The van der Waals surface area contributed by atoms with Crippen molar-refractivity contribution < 1.29 is 8.78 Å². The molecule has 9 heteroatoms. The first kappa shape index (κ1) is 17.8. The van der Waals surface area contributed by atoms with Gasteiger partial charge in [-0.15, -0.1) is 0 Å². The van der Waals surface area contributed by atoms with E-state index in [1.807, 2.05) is 29.2 Å². The topological polar surface area (TPSA) is 58.0 Å². The van der Waals surface area contributed by atoms with Crippen molar-refractivity contribution in [2.75, 3.05) is 42.2 Å². The smallest absolute Gasteiger partial charge is 0.280 e. The molecule has 4 rings (SSSR count). The molecule has 1 aromatic carbocycles. The van der Waals surface area contributed by atoms with Crippen LogP contribution in [0.25, 0.3) is 11.0 Å².